The van der Waals surface area contributed by atoms with Crippen molar-refractivity contribution < 1.29 is 13.2 Å². The predicted molar refractivity (Wildman–Crippen MR) is 53.3 cm³/mol. The molecule has 6 heteroatoms. The van der Waals surface area contributed by atoms with E-state index in [1.807, 2.05) is 0 Å². The molecule has 0 saturated carbocycles. The summed E-state index contributed by atoms with van der Waals surface area (Å²) in [5, 5.41) is 8.44. The van der Waals surface area contributed by atoms with Gasteiger partial charge in [-0.25, -0.2) is 0 Å². The van der Waals surface area contributed by atoms with Crippen LogP contribution in [0.5, 0.6) is 0 Å². The van der Waals surface area contributed by atoms with E-state index >= 15 is 0 Å². The summed E-state index contributed by atoms with van der Waals surface area (Å²) in [4.78, 5) is 5.84. The molecule has 17 heavy (non-hydrogen) atoms. The first-order valence-corrected chi connectivity index (χ1v) is 4.30. The van der Waals surface area contributed by atoms with Gasteiger partial charge in [0.15, 0.2) is 11.4 Å². The van der Waals surface area contributed by atoms with Crippen molar-refractivity contribution in [1.82, 2.24) is 0 Å². The molecule has 0 aromatic heterocycles. The van der Waals surface area contributed by atoms with Crippen LogP contribution in [0.4, 0.5) is 24.5 Å². The highest BCUT2D eigenvalue weighted by Gasteiger charge is 2.33. The summed E-state index contributed by atoms with van der Waals surface area (Å²) in [7, 11) is 0. The normalized spacial score (nSPS) is 10.1. The Morgan fingerprint density at radius 2 is 1.71 bits per heavy atom. The van der Waals surface area contributed by atoms with Gasteiger partial charge in [0.25, 0.3) is 0 Å². The largest absolute Gasteiger partial charge is 0.415 e. The second-order valence-electron chi connectivity index (χ2n) is 3.05. The highest BCUT2D eigenvalue weighted by Crippen LogP contribution is 2.39. The summed E-state index contributed by atoms with van der Waals surface area (Å²) in [5.74, 6) is 0. The fraction of sp³-hybridized carbons (Fsp3) is 0.182. The highest BCUT2D eigenvalue weighted by molar-refractivity contribution is 5.73. The van der Waals surface area contributed by atoms with Crippen LogP contribution in [0.2, 0.25) is 0 Å². The number of benzene rings is 1. The van der Waals surface area contributed by atoms with Crippen molar-refractivity contribution in [2.24, 2.45) is 0 Å². The minimum atomic E-state index is -4.63. The number of hydrogen-bond donors (Lipinski definition) is 0. The number of nitriles is 1. The van der Waals surface area contributed by atoms with Crippen molar-refractivity contribution >= 4 is 11.4 Å². The molecule has 3 nitrogen and oxygen atoms in total. The summed E-state index contributed by atoms with van der Waals surface area (Å²) >= 11 is 0. The maximum absolute atomic E-state index is 12.6. The Hall–Kier alpha value is -2.52. The maximum Gasteiger partial charge on any atom is 0.415 e. The average Bonchev–Trinajstić information content (AvgIpc) is 2.27. The van der Waals surface area contributed by atoms with E-state index < -0.39 is 18.2 Å². The van der Waals surface area contributed by atoms with E-state index in [9.17, 15) is 13.2 Å². The number of hydrogen-bond acceptors (Lipinski definition) is 1. The topological polar surface area (TPSA) is 32.5 Å². The standard InChI is InChI=1S/C11H4F3N3/c1-16-9-5-7(3-4-15)8(11(12,13)14)6-10(9)17-2/h5-6H,3H2. The van der Waals surface area contributed by atoms with Crippen molar-refractivity contribution in [3.05, 3.63) is 46.1 Å². The Labute approximate surface area is 95.4 Å². The van der Waals surface area contributed by atoms with E-state index in [1.165, 1.54) is 0 Å². The zero-order valence-corrected chi connectivity index (χ0v) is 8.34. The summed E-state index contributed by atoms with van der Waals surface area (Å²) in [6.07, 6.45) is -5.08. The minimum absolute atomic E-state index is 0.168. The molecular weight excluding hydrogens is 231 g/mol. The van der Waals surface area contributed by atoms with Gasteiger partial charge in [-0.3, -0.25) is 9.69 Å². The Balaban J connectivity index is 3.55. The van der Waals surface area contributed by atoms with Crippen molar-refractivity contribution in [2.45, 2.75) is 12.6 Å². The Bertz CT molecular complexity index is 568. The maximum atomic E-state index is 12.6. The van der Waals surface area contributed by atoms with Crippen LogP contribution in [0.15, 0.2) is 12.1 Å². The smallest absolute Gasteiger partial charge is 0.250 e. The summed E-state index contributed by atoms with van der Waals surface area (Å²) in [5.41, 5.74) is -1.83. The quantitative estimate of drug-likeness (QED) is 0.680. The van der Waals surface area contributed by atoms with Gasteiger partial charge < -0.3 is 0 Å². The van der Waals surface area contributed by atoms with Gasteiger partial charge in [-0.15, -0.1) is 0 Å². The Morgan fingerprint density at radius 3 is 2.12 bits per heavy atom. The summed E-state index contributed by atoms with van der Waals surface area (Å²) in [6, 6.07) is 3.17. The van der Waals surface area contributed by atoms with Crippen molar-refractivity contribution in [1.29, 1.82) is 5.26 Å². The van der Waals surface area contributed by atoms with Crippen LogP contribution >= 0.6 is 0 Å². The van der Waals surface area contributed by atoms with Crippen LogP contribution in [-0.4, -0.2) is 0 Å². The third kappa shape index (κ3) is 2.53. The van der Waals surface area contributed by atoms with Gasteiger partial charge in [-0.1, -0.05) is 12.1 Å². The van der Waals surface area contributed by atoms with Crippen LogP contribution in [0, 0.1) is 24.5 Å². The molecule has 0 radical (unpaired) electrons. The first kappa shape index (κ1) is 12.5. The zero-order chi connectivity index (χ0) is 13.1. The Kier molecular flexibility index (Phi) is 3.36. The SMILES string of the molecule is [C-]#[N+]c1cc(CC#N)c(C(F)(F)F)cc1[N+]#[C-]. The van der Waals surface area contributed by atoms with Crippen LogP contribution in [0.3, 0.4) is 0 Å². The number of nitrogens with zero attached hydrogens (tertiary/aromatic N) is 3. The fourth-order valence-electron chi connectivity index (χ4n) is 1.29. The second-order valence-corrected chi connectivity index (χ2v) is 3.05. The molecule has 0 amide bonds. The number of rotatable bonds is 1. The molecule has 1 aromatic carbocycles. The first-order chi connectivity index (χ1) is 7.93. The lowest BCUT2D eigenvalue weighted by molar-refractivity contribution is -0.138. The van der Waals surface area contributed by atoms with Crippen LogP contribution in [0.1, 0.15) is 11.1 Å². The van der Waals surface area contributed by atoms with Crippen LogP contribution < -0.4 is 0 Å². The molecule has 0 aliphatic heterocycles. The van der Waals surface area contributed by atoms with Gasteiger partial charge in [0.1, 0.15) is 0 Å². The molecule has 1 aromatic rings. The monoisotopic (exact) mass is 235 g/mol. The van der Waals surface area contributed by atoms with Gasteiger partial charge in [0.2, 0.25) is 0 Å². The van der Waals surface area contributed by atoms with Gasteiger partial charge in [-0.2, -0.15) is 18.4 Å². The average molecular weight is 235 g/mol. The van der Waals surface area contributed by atoms with E-state index in [-0.39, 0.29) is 16.9 Å². The van der Waals surface area contributed by atoms with Crippen molar-refractivity contribution in [2.75, 3.05) is 0 Å². The van der Waals surface area contributed by atoms with Gasteiger partial charge in [0.05, 0.1) is 25.6 Å². The van der Waals surface area contributed by atoms with E-state index in [4.69, 9.17) is 18.4 Å². The van der Waals surface area contributed by atoms with E-state index in [2.05, 4.69) is 9.69 Å². The molecule has 0 fully saturated rings. The third-order valence-corrected chi connectivity index (χ3v) is 2.02. The molecule has 0 aliphatic carbocycles. The molecule has 0 spiro atoms. The lowest BCUT2D eigenvalue weighted by Crippen LogP contribution is -2.08. The summed E-state index contributed by atoms with van der Waals surface area (Å²) < 4.78 is 37.9. The Morgan fingerprint density at radius 1 is 1.18 bits per heavy atom. The molecule has 0 bridgehead atoms. The first-order valence-electron chi connectivity index (χ1n) is 4.30. The highest BCUT2D eigenvalue weighted by atomic mass is 19.4. The molecule has 0 heterocycles. The molecule has 84 valence electrons. The van der Waals surface area contributed by atoms with Crippen LogP contribution in [0.25, 0.3) is 9.69 Å². The fourth-order valence-corrected chi connectivity index (χ4v) is 1.29. The second kappa shape index (κ2) is 4.55. The third-order valence-electron chi connectivity index (χ3n) is 2.02. The predicted octanol–water partition coefficient (Wildman–Crippen LogP) is 3.87. The molecule has 0 N–H and O–H groups in total. The molecule has 0 aliphatic rings. The number of alkyl halides is 3. The molecular formula is C11H4F3N3. The number of halogens is 3. The molecule has 1 rings (SSSR count). The zero-order valence-electron chi connectivity index (χ0n) is 8.34. The van der Waals surface area contributed by atoms with Gasteiger partial charge in [0, 0.05) is 5.56 Å². The van der Waals surface area contributed by atoms with Gasteiger partial charge in [-0.05, 0) is 5.56 Å². The molecule has 0 atom stereocenters. The molecule has 0 unspecified atom stereocenters. The van der Waals surface area contributed by atoms with Crippen molar-refractivity contribution in [3.63, 3.8) is 0 Å². The van der Waals surface area contributed by atoms with Crippen LogP contribution in [-0.2, 0) is 12.6 Å². The van der Waals surface area contributed by atoms with Crippen molar-refractivity contribution in [3.8, 4) is 6.07 Å². The van der Waals surface area contributed by atoms with E-state index in [1.54, 1.807) is 6.07 Å². The van der Waals surface area contributed by atoms with Gasteiger partial charge >= 0.3 is 6.18 Å². The lowest BCUT2D eigenvalue weighted by atomic mass is 10.0. The molecule has 0 saturated heterocycles. The minimum Gasteiger partial charge on any atom is -0.250 e. The van der Waals surface area contributed by atoms with E-state index in [0.717, 1.165) is 6.07 Å². The lowest BCUT2D eigenvalue weighted by Gasteiger charge is -2.12. The van der Waals surface area contributed by atoms with E-state index in [0.29, 0.717) is 6.07 Å². The summed E-state index contributed by atoms with van der Waals surface area (Å²) in [6.45, 7) is 13.5.